The number of carboxylic acid groups (broad SMARTS) is 1. The summed E-state index contributed by atoms with van der Waals surface area (Å²) in [7, 11) is -3.80. The summed E-state index contributed by atoms with van der Waals surface area (Å²) in [6, 6.07) is 23.3. The first-order chi connectivity index (χ1) is 21.0. The van der Waals surface area contributed by atoms with Crippen LogP contribution in [0.15, 0.2) is 89.8 Å². The van der Waals surface area contributed by atoms with E-state index in [1.807, 2.05) is 74.5 Å². The normalized spacial score (nSPS) is 13.1. The molecule has 238 valence electrons. The molecule has 3 aromatic carbocycles. The van der Waals surface area contributed by atoms with Gasteiger partial charge in [0.05, 0.1) is 4.90 Å². The van der Waals surface area contributed by atoms with Crippen molar-refractivity contribution in [3.63, 3.8) is 0 Å². The van der Waals surface area contributed by atoms with Gasteiger partial charge in [-0.15, -0.1) is 0 Å². The maximum atomic E-state index is 13.6. The Labute approximate surface area is 260 Å². The molecule has 0 spiro atoms. The number of hydrogen-bond acceptors (Lipinski definition) is 6. The largest absolute Gasteiger partial charge is 0.465 e. The van der Waals surface area contributed by atoms with Gasteiger partial charge in [-0.2, -0.15) is 4.31 Å². The van der Waals surface area contributed by atoms with Crippen molar-refractivity contribution in [2.75, 3.05) is 25.4 Å². The Bertz CT molecular complexity index is 1380. The minimum Gasteiger partial charge on any atom is -0.465 e. The van der Waals surface area contributed by atoms with Crippen LogP contribution in [0.2, 0.25) is 0 Å². The summed E-state index contributed by atoms with van der Waals surface area (Å²) in [6.45, 7) is 4.87. The third-order valence-electron chi connectivity index (χ3n) is 7.57. The predicted octanol–water partition coefficient (Wildman–Crippen LogP) is 4.39. The monoisotopic (exact) mass is 623 g/mol. The number of nitrogens with zero attached hydrogens (tertiary/aromatic N) is 1. The van der Waals surface area contributed by atoms with Crippen LogP contribution in [0.3, 0.4) is 0 Å². The molecule has 0 saturated heterocycles. The molecule has 0 fully saturated rings. The van der Waals surface area contributed by atoms with Gasteiger partial charge in [0, 0.05) is 37.3 Å². The average molecular weight is 624 g/mol. The highest BCUT2D eigenvalue weighted by molar-refractivity contribution is 7.89. The SMILES string of the molecule is CC(C)CCN(C(CN)CCCCNC(=O)[C@@H](NC(=O)O)C(c1ccccc1)c1ccccc1)S(=O)(=O)c1ccc(N)cc1. The van der Waals surface area contributed by atoms with Gasteiger partial charge in [-0.25, -0.2) is 13.2 Å². The number of amides is 2. The molecule has 0 bridgehead atoms. The lowest BCUT2D eigenvalue weighted by Crippen LogP contribution is -2.50. The highest BCUT2D eigenvalue weighted by Gasteiger charge is 2.33. The number of benzene rings is 3. The van der Waals surface area contributed by atoms with Crippen molar-refractivity contribution >= 4 is 27.7 Å². The van der Waals surface area contributed by atoms with Gasteiger partial charge in [0.25, 0.3) is 0 Å². The predicted molar refractivity (Wildman–Crippen MR) is 174 cm³/mol. The molecule has 0 heterocycles. The second-order valence-corrected chi connectivity index (χ2v) is 13.2. The number of unbranched alkanes of at least 4 members (excludes halogenated alkanes) is 1. The van der Waals surface area contributed by atoms with Gasteiger partial charge in [-0.1, -0.05) is 80.9 Å². The summed E-state index contributed by atoms with van der Waals surface area (Å²) >= 11 is 0. The molecule has 44 heavy (non-hydrogen) atoms. The topological polar surface area (TPSA) is 168 Å². The van der Waals surface area contributed by atoms with Crippen LogP contribution in [0.4, 0.5) is 10.5 Å². The van der Waals surface area contributed by atoms with E-state index in [0.29, 0.717) is 50.4 Å². The van der Waals surface area contributed by atoms with Crippen molar-refractivity contribution in [1.82, 2.24) is 14.9 Å². The van der Waals surface area contributed by atoms with Gasteiger partial charge < -0.3 is 27.2 Å². The Morgan fingerprint density at radius 2 is 1.43 bits per heavy atom. The standard InChI is InChI=1S/C33H45N5O5S/c1-24(2)20-22-38(44(42,43)29-18-16-27(35)17-19-29)28(23-34)15-9-10-21-36-32(39)31(37-33(40)41)30(25-11-5-3-6-12-25)26-13-7-4-8-14-26/h3-8,11-14,16-19,24,28,30-31,37H,9-10,15,20-23,34-35H2,1-2H3,(H,36,39)(H,40,41)/t28?,31-/m0/s1. The van der Waals surface area contributed by atoms with Crippen molar-refractivity contribution in [1.29, 1.82) is 0 Å². The van der Waals surface area contributed by atoms with Crippen LogP contribution in [-0.2, 0) is 14.8 Å². The Hall–Kier alpha value is -3.93. The van der Waals surface area contributed by atoms with Crippen LogP contribution in [0.25, 0.3) is 0 Å². The minimum atomic E-state index is -3.80. The fourth-order valence-electron chi connectivity index (χ4n) is 5.20. The van der Waals surface area contributed by atoms with Crippen LogP contribution >= 0.6 is 0 Å². The molecule has 7 N–H and O–H groups in total. The van der Waals surface area contributed by atoms with E-state index in [0.717, 1.165) is 11.1 Å². The van der Waals surface area contributed by atoms with Crippen molar-refractivity contribution in [2.45, 2.75) is 62.4 Å². The number of carbonyl (C=O) groups is 2. The van der Waals surface area contributed by atoms with E-state index >= 15 is 0 Å². The molecule has 3 aromatic rings. The average Bonchev–Trinajstić information content (AvgIpc) is 3.00. The molecular weight excluding hydrogens is 578 g/mol. The van der Waals surface area contributed by atoms with Crippen molar-refractivity contribution in [3.05, 3.63) is 96.1 Å². The van der Waals surface area contributed by atoms with Crippen LogP contribution in [-0.4, -0.2) is 61.5 Å². The molecule has 11 heteroatoms. The zero-order valence-corrected chi connectivity index (χ0v) is 26.2. The molecule has 2 atom stereocenters. The number of rotatable bonds is 17. The van der Waals surface area contributed by atoms with E-state index in [-0.39, 0.29) is 11.4 Å². The molecule has 0 radical (unpaired) electrons. The van der Waals surface area contributed by atoms with Crippen LogP contribution in [0.1, 0.15) is 56.6 Å². The Kier molecular flexibility index (Phi) is 13.2. The van der Waals surface area contributed by atoms with Crippen LogP contribution in [0, 0.1) is 5.92 Å². The number of hydrogen-bond donors (Lipinski definition) is 5. The second kappa shape index (κ2) is 16.8. The number of carbonyl (C=O) groups excluding carboxylic acids is 1. The van der Waals surface area contributed by atoms with Crippen LogP contribution in [0.5, 0.6) is 0 Å². The van der Waals surface area contributed by atoms with Gasteiger partial charge in [0.15, 0.2) is 0 Å². The van der Waals surface area contributed by atoms with E-state index in [4.69, 9.17) is 11.5 Å². The summed E-state index contributed by atoms with van der Waals surface area (Å²) in [5.74, 6) is -0.677. The van der Waals surface area contributed by atoms with Gasteiger partial charge >= 0.3 is 6.09 Å². The minimum absolute atomic E-state index is 0.152. The number of sulfonamides is 1. The summed E-state index contributed by atoms with van der Waals surface area (Å²) in [5.41, 5.74) is 14.0. The van der Waals surface area contributed by atoms with Gasteiger partial charge in [0.1, 0.15) is 6.04 Å². The highest BCUT2D eigenvalue weighted by atomic mass is 32.2. The summed E-state index contributed by atoms with van der Waals surface area (Å²) < 4.78 is 28.7. The second-order valence-electron chi connectivity index (χ2n) is 11.3. The lowest BCUT2D eigenvalue weighted by atomic mass is 9.84. The molecule has 0 aromatic heterocycles. The maximum absolute atomic E-state index is 13.6. The maximum Gasteiger partial charge on any atom is 0.405 e. The Morgan fingerprint density at radius 3 is 1.93 bits per heavy atom. The van der Waals surface area contributed by atoms with E-state index in [1.54, 1.807) is 12.1 Å². The molecule has 0 aliphatic heterocycles. The summed E-state index contributed by atoms with van der Waals surface area (Å²) in [4.78, 5) is 25.4. The van der Waals surface area contributed by atoms with E-state index in [1.165, 1.54) is 16.4 Å². The fourth-order valence-corrected chi connectivity index (χ4v) is 6.88. The third kappa shape index (κ3) is 9.80. The zero-order valence-electron chi connectivity index (χ0n) is 25.4. The lowest BCUT2D eigenvalue weighted by molar-refractivity contribution is -0.123. The van der Waals surface area contributed by atoms with Crippen molar-refractivity contribution < 1.29 is 23.1 Å². The Balaban J connectivity index is 1.68. The first kappa shape index (κ1) is 34.6. The first-order valence-corrected chi connectivity index (χ1v) is 16.4. The number of anilines is 1. The molecule has 0 aliphatic carbocycles. The highest BCUT2D eigenvalue weighted by Crippen LogP contribution is 2.29. The summed E-state index contributed by atoms with van der Waals surface area (Å²) in [6.07, 6.45) is 1.06. The summed E-state index contributed by atoms with van der Waals surface area (Å²) in [5, 5.41) is 14.9. The molecular formula is C33H45N5O5S. The van der Waals surface area contributed by atoms with Gasteiger partial charge in [-0.05, 0) is 60.6 Å². The number of nitrogens with two attached hydrogens (primary N) is 2. The van der Waals surface area contributed by atoms with Crippen molar-refractivity contribution in [2.24, 2.45) is 11.7 Å². The fraction of sp³-hybridized carbons (Fsp3) is 0.394. The first-order valence-electron chi connectivity index (χ1n) is 15.0. The molecule has 0 aliphatic rings. The molecule has 3 rings (SSSR count). The third-order valence-corrected chi connectivity index (χ3v) is 9.53. The zero-order chi connectivity index (χ0) is 32.1. The van der Waals surface area contributed by atoms with Gasteiger partial charge in [0.2, 0.25) is 15.9 Å². The van der Waals surface area contributed by atoms with E-state index in [9.17, 15) is 23.1 Å². The van der Waals surface area contributed by atoms with E-state index in [2.05, 4.69) is 10.6 Å². The van der Waals surface area contributed by atoms with Crippen LogP contribution < -0.4 is 22.1 Å². The Morgan fingerprint density at radius 1 is 0.864 bits per heavy atom. The molecule has 1 unspecified atom stereocenters. The lowest BCUT2D eigenvalue weighted by Gasteiger charge is -2.31. The smallest absolute Gasteiger partial charge is 0.405 e. The quantitative estimate of drug-likeness (QED) is 0.110. The molecule has 2 amide bonds. The molecule has 0 saturated carbocycles. The van der Waals surface area contributed by atoms with E-state index < -0.39 is 40.0 Å². The van der Waals surface area contributed by atoms with Gasteiger partial charge in [-0.3, -0.25) is 4.79 Å². The number of nitrogen functional groups attached to an aromatic ring is 1. The molecule has 10 nitrogen and oxygen atoms in total. The number of nitrogens with one attached hydrogen (secondary N) is 2. The van der Waals surface area contributed by atoms with Crippen molar-refractivity contribution in [3.8, 4) is 0 Å².